The molecule has 29 heavy (non-hydrogen) atoms. The lowest BCUT2D eigenvalue weighted by Crippen LogP contribution is -2.14. The van der Waals surface area contributed by atoms with Crippen molar-refractivity contribution in [2.24, 2.45) is 0 Å². The number of thioether (sulfide) groups is 1. The van der Waals surface area contributed by atoms with E-state index in [-0.39, 0.29) is 17.6 Å². The fourth-order valence-electron chi connectivity index (χ4n) is 2.82. The molecule has 1 N–H and O–H groups in total. The molecule has 0 aliphatic rings. The molecule has 7 nitrogen and oxygen atoms in total. The number of anilines is 1. The highest BCUT2D eigenvalue weighted by Gasteiger charge is 2.15. The largest absolute Gasteiger partial charge is 0.462 e. The first-order valence-electron chi connectivity index (χ1n) is 9.16. The molecule has 0 fully saturated rings. The molecule has 0 aliphatic heterocycles. The highest BCUT2D eigenvalue weighted by molar-refractivity contribution is 7.99. The van der Waals surface area contributed by atoms with Gasteiger partial charge in [0, 0.05) is 12.2 Å². The molecule has 0 atom stereocenters. The van der Waals surface area contributed by atoms with Crippen LogP contribution in [0.15, 0.2) is 47.6 Å². The number of imidazole rings is 1. The summed E-state index contributed by atoms with van der Waals surface area (Å²) in [5.74, 6) is -0.355. The summed E-state index contributed by atoms with van der Waals surface area (Å²) < 4.78 is 7.04. The van der Waals surface area contributed by atoms with Crippen LogP contribution in [0.25, 0.3) is 11.0 Å². The number of nitrogens with one attached hydrogen (secondary N) is 1. The minimum atomic E-state index is -0.378. The topological polar surface area (TPSA) is 97.0 Å². The molecule has 0 saturated heterocycles. The lowest BCUT2D eigenvalue weighted by atomic mass is 10.2. The van der Waals surface area contributed by atoms with Gasteiger partial charge in [-0.15, -0.1) is 0 Å². The van der Waals surface area contributed by atoms with Crippen LogP contribution in [0.2, 0.25) is 0 Å². The fraction of sp³-hybridized carbons (Fsp3) is 0.238. The minimum Gasteiger partial charge on any atom is -0.462 e. The summed E-state index contributed by atoms with van der Waals surface area (Å²) in [4.78, 5) is 28.8. The van der Waals surface area contributed by atoms with Gasteiger partial charge in [-0.3, -0.25) is 4.79 Å². The Kier molecular flexibility index (Phi) is 6.52. The van der Waals surface area contributed by atoms with Gasteiger partial charge in [0.25, 0.3) is 0 Å². The molecular weight excluding hydrogens is 388 g/mol. The van der Waals surface area contributed by atoms with E-state index in [2.05, 4.69) is 10.3 Å². The molecule has 0 unspecified atom stereocenters. The van der Waals surface area contributed by atoms with Crippen molar-refractivity contribution in [2.45, 2.75) is 25.5 Å². The summed E-state index contributed by atoms with van der Waals surface area (Å²) in [7, 11) is 0. The number of hydrogen-bond donors (Lipinski definition) is 1. The summed E-state index contributed by atoms with van der Waals surface area (Å²) in [6.07, 6.45) is 0. The second kappa shape index (κ2) is 9.26. The number of nitriles is 1. The van der Waals surface area contributed by atoms with Crippen LogP contribution >= 0.6 is 11.8 Å². The molecule has 0 bridgehead atoms. The standard InChI is InChI=1S/C21H20N4O3S/c1-3-25-18-10-7-15(20(27)28-4-2)11-17(18)24-21(25)29-13-19(26)23-16-8-5-14(12-22)6-9-16/h5-11H,3-4,13H2,1-2H3,(H,23,26). The van der Waals surface area contributed by atoms with Gasteiger partial charge in [-0.05, 0) is 56.3 Å². The summed E-state index contributed by atoms with van der Waals surface area (Å²) >= 11 is 1.33. The molecule has 0 aliphatic carbocycles. The third-order valence-electron chi connectivity index (χ3n) is 4.17. The molecular formula is C21H20N4O3S. The fourth-order valence-corrected chi connectivity index (χ4v) is 3.70. The van der Waals surface area contributed by atoms with E-state index in [4.69, 9.17) is 10.00 Å². The van der Waals surface area contributed by atoms with E-state index in [1.165, 1.54) is 11.8 Å². The van der Waals surface area contributed by atoms with Gasteiger partial charge in [0.1, 0.15) is 0 Å². The number of fused-ring (bicyclic) bond motifs is 1. The summed E-state index contributed by atoms with van der Waals surface area (Å²) in [5, 5.41) is 12.3. The Morgan fingerprint density at radius 3 is 2.62 bits per heavy atom. The van der Waals surface area contributed by atoms with Crippen molar-refractivity contribution in [3.63, 3.8) is 0 Å². The monoisotopic (exact) mass is 408 g/mol. The molecule has 3 aromatic rings. The third kappa shape index (κ3) is 4.76. The summed E-state index contributed by atoms with van der Waals surface area (Å²) in [6, 6.07) is 14.0. The number of rotatable bonds is 7. The number of carbonyl (C=O) groups excluding carboxylic acids is 2. The minimum absolute atomic E-state index is 0.165. The Morgan fingerprint density at radius 2 is 1.97 bits per heavy atom. The predicted octanol–water partition coefficient (Wildman–Crippen LogP) is 3.84. The lowest BCUT2D eigenvalue weighted by molar-refractivity contribution is -0.113. The number of aromatic nitrogens is 2. The van der Waals surface area contributed by atoms with Crippen molar-refractivity contribution in [3.05, 3.63) is 53.6 Å². The Labute approximate surface area is 172 Å². The molecule has 1 heterocycles. The zero-order chi connectivity index (χ0) is 20.8. The zero-order valence-electron chi connectivity index (χ0n) is 16.1. The molecule has 3 rings (SSSR count). The number of ether oxygens (including phenoxy) is 1. The van der Waals surface area contributed by atoms with Crippen molar-refractivity contribution < 1.29 is 14.3 Å². The van der Waals surface area contributed by atoms with E-state index in [1.807, 2.05) is 23.6 Å². The Balaban J connectivity index is 1.72. The quantitative estimate of drug-likeness (QED) is 0.471. The zero-order valence-corrected chi connectivity index (χ0v) is 17.0. The maximum atomic E-state index is 12.3. The van der Waals surface area contributed by atoms with Gasteiger partial charge in [-0.25, -0.2) is 9.78 Å². The molecule has 0 saturated carbocycles. The second-order valence-corrected chi connectivity index (χ2v) is 7.03. The number of aryl methyl sites for hydroxylation is 1. The van der Waals surface area contributed by atoms with Crippen molar-refractivity contribution in [3.8, 4) is 6.07 Å². The first-order valence-corrected chi connectivity index (χ1v) is 10.1. The SMILES string of the molecule is CCOC(=O)c1ccc2c(c1)nc(SCC(=O)Nc1ccc(C#N)cc1)n2CC. The first-order chi connectivity index (χ1) is 14.0. The van der Waals surface area contributed by atoms with E-state index >= 15 is 0 Å². The van der Waals surface area contributed by atoms with Gasteiger partial charge in [-0.1, -0.05) is 11.8 Å². The van der Waals surface area contributed by atoms with Crippen LogP contribution in [0.4, 0.5) is 5.69 Å². The average Bonchev–Trinajstić information content (AvgIpc) is 3.09. The molecule has 0 radical (unpaired) electrons. The van der Waals surface area contributed by atoms with Crippen LogP contribution in [0, 0.1) is 11.3 Å². The van der Waals surface area contributed by atoms with Crippen molar-refractivity contribution in [1.29, 1.82) is 5.26 Å². The average molecular weight is 408 g/mol. The van der Waals surface area contributed by atoms with Gasteiger partial charge in [0.2, 0.25) is 5.91 Å². The maximum absolute atomic E-state index is 12.3. The van der Waals surface area contributed by atoms with Crippen LogP contribution in [0.3, 0.4) is 0 Å². The molecule has 0 spiro atoms. The maximum Gasteiger partial charge on any atom is 0.338 e. The molecule has 148 valence electrons. The molecule has 1 amide bonds. The van der Waals surface area contributed by atoms with Gasteiger partial charge in [-0.2, -0.15) is 5.26 Å². The van der Waals surface area contributed by atoms with Crippen LogP contribution in [0.5, 0.6) is 0 Å². The number of benzene rings is 2. The Morgan fingerprint density at radius 1 is 1.21 bits per heavy atom. The van der Waals surface area contributed by atoms with Crippen LogP contribution in [-0.2, 0) is 16.1 Å². The number of esters is 1. The van der Waals surface area contributed by atoms with E-state index in [0.29, 0.717) is 40.6 Å². The van der Waals surface area contributed by atoms with Crippen LogP contribution in [0.1, 0.15) is 29.8 Å². The van der Waals surface area contributed by atoms with Gasteiger partial charge in [0.05, 0.1) is 40.6 Å². The van der Waals surface area contributed by atoms with Gasteiger partial charge in [0.15, 0.2) is 5.16 Å². The number of carbonyl (C=O) groups is 2. The predicted molar refractivity (Wildman–Crippen MR) is 112 cm³/mol. The summed E-state index contributed by atoms with van der Waals surface area (Å²) in [5.41, 5.74) is 3.21. The normalized spacial score (nSPS) is 10.5. The van der Waals surface area contributed by atoms with E-state index in [1.54, 1.807) is 43.3 Å². The second-order valence-electron chi connectivity index (χ2n) is 6.09. The smallest absolute Gasteiger partial charge is 0.338 e. The Hall–Kier alpha value is -3.31. The first kappa shape index (κ1) is 20.4. The molecule has 8 heteroatoms. The molecule has 2 aromatic carbocycles. The highest BCUT2D eigenvalue weighted by Crippen LogP contribution is 2.25. The van der Waals surface area contributed by atoms with Crippen LogP contribution < -0.4 is 5.32 Å². The number of amides is 1. The van der Waals surface area contributed by atoms with Crippen molar-refractivity contribution >= 4 is 40.4 Å². The van der Waals surface area contributed by atoms with E-state index in [0.717, 1.165) is 5.52 Å². The van der Waals surface area contributed by atoms with Crippen LogP contribution in [-0.4, -0.2) is 33.8 Å². The number of hydrogen-bond acceptors (Lipinski definition) is 6. The van der Waals surface area contributed by atoms with Gasteiger partial charge < -0.3 is 14.6 Å². The highest BCUT2D eigenvalue weighted by atomic mass is 32.2. The summed E-state index contributed by atoms with van der Waals surface area (Å²) in [6.45, 7) is 4.77. The molecule has 1 aromatic heterocycles. The Bertz CT molecular complexity index is 1080. The van der Waals surface area contributed by atoms with Crippen molar-refractivity contribution in [2.75, 3.05) is 17.7 Å². The third-order valence-corrected chi connectivity index (χ3v) is 5.15. The van der Waals surface area contributed by atoms with E-state index in [9.17, 15) is 9.59 Å². The van der Waals surface area contributed by atoms with Gasteiger partial charge >= 0.3 is 5.97 Å². The van der Waals surface area contributed by atoms with E-state index < -0.39 is 0 Å². The van der Waals surface area contributed by atoms with Crippen molar-refractivity contribution in [1.82, 2.24) is 9.55 Å². The lowest BCUT2D eigenvalue weighted by Gasteiger charge is -2.07. The number of nitrogens with zero attached hydrogens (tertiary/aromatic N) is 3.